The Morgan fingerprint density at radius 2 is 2.06 bits per heavy atom. The highest BCUT2D eigenvalue weighted by Crippen LogP contribution is 2.35. The number of benzene rings is 2. The van der Waals surface area contributed by atoms with Crippen molar-refractivity contribution in [3.8, 4) is 11.5 Å². The highest BCUT2D eigenvalue weighted by Gasteiger charge is 2.24. The van der Waals surface area contributed by atoms with E-state index in [1.54, 1.807) is 24.1 Å². The summed E-state index contributed by atoms with van der Waals surface area (Å²) in [6, 6.07) is 8.31. The normalized spacial score (nSPS) is 14.2. The van der Waals surface area contributed by atoms with Crippen molar-refractivity contribution in [2.75, 3.05) is 25.5 Å². The molecule has 1 aliphatic heterocycles. The summed E-state index contributed by atoms with van der Waals surface area (Å²) in [4.78, 5) is 22.3. The lowest BCUT2D eigenvalue weighted by Crippen LogP contribution is -2.41. The SMILES string of the molecule is C=CC(=O)N1CCC(Oc2cc3c(NCc4ccc(Cl)c(F)c4)ncnc3cc2OC)CC1. The number of piperidine rings is 1. The van der Waals surface area contributed by atoms with Crippen LogP contribution in [0.1, 0.15) is 18.4 Å². The summed E-state index contributed by atoms with van der Waals surface area (Å²) in [5.74, 6) is 1.20. The van der Waals surface area contributed by atoms with Gasteiger partial charge in [-0.05, 0) is 29.8 Å². The van der Waals surface area contributed by atoms with Crippen LogP contribution in [0, 0.1) is 5.82 Å². The van der Waals surface area contributed by atoms with Gasteiger partial charge < -0.3 is 19.7 Å². The first-order valence-corrected chi connectivity index (χ1v) is 10.9. The average molecular weight is 471 g/mol. The molecule has 1 saturated heterocycles. The third kappa shape index (κ3) is 5.17. The summed E-state index contributed by atoms with van der Waals surface area (Å²) >= 11 is 5.77. The molecule has 1 aliphatic rings. The van der Waals surface area contributed by atoms with Crippen LogP contribution in [0.3, 0.4) is 0 Å². The number of methoxy groups -OCH3 is 1. The minimum Gasteiger partial charge on any atom is -0.493 e. The number of rotatable bonds is 7. The number of likely N-dealkylation sites (tertiary alicyclic amines) is 1. The molecule has 0 spiro atoms. The topological polar surface area (TPSA) is 76.6 Å². The van der Waals surface area contributed by atoms with Crippen molar-refractivity contribution in [1.82, 2.24) is 14.9 Å². The molecule has 0 unspecified atom stereocenters. The maximum Gasteiger partial charge on any atom is 0.245 e. The standard InChI is InChI=1S/C24H24ClFN4O3/c1-3-23(31)30-8-6-16(7-9-30)33-22-11-17-20(12-21(22)32-2)28-14-29-24(17)27-13-15-4-5-18(25)19(26)10-15/h3-5,10-12,14,16H,1,6-9,13H2,2H3,(H,27,28,29). The molecule has 33 heavy (non-hydrogen) atoms. The van der Waals surface area contributed by atoms with Gasteiger partial charge in [-0.25, -0.2) is 14.4 Å². The summed E-state index contributed by atoms with van der Waals surface area (Å²) in [5, 5.41) is 4.07. The molecular formula is C24H24ClFN4O3. The largest absolute Gasteiger partial charge is 0.493 e. The number of ether oxygens (including phenoxy) is 2. The van der Waals surface area contributed by atoms with Gasteiger partial charge in [0.25, 0.3) is 0 Å². The second kappa shape index (κ2) is 10.0. The fourth-order valence-electron chi connectivity index (χ4n) is 3.79. The van der Waals surface area contributed by atoms with E-state index >= 15 is 0 Å². The van der Waals surface area contributed by atoms with E-state index in [2.05, 4.69) is 21.9 Å². The van der Waals surface area contributed by atoms with E-state index in [-0.39, 0.29) is 17.0 Å². The number of nitrogens with zero attached hydrogens (tertiary/aromatic N) is 3. The first-order valence-electron chi connectivity index (χ1n) is 10.6. The van der Waals surface area contributed by atoms with Gasteiger partial charge in [-0.15, -0.1) is 0 Å². The van der Waals surface area contributed by atoms with Gasteiger partial charge in [0, 0.05) is 43.9 Å². The van der Waals surface area contributed by atoms with Crippen molar-refractivity contribution in [2.45, 2.75) is 25.5 Å². The van der Waals surface area contributed by atoms with Crippen LogP contribution < -0.4 is 14.8 Å². The van der Waals surface area contributed by atoms with Crippen molar-refractivity contribution >= 4 is 34.2 Å². The fourth-order valence-corrected chi connectivity index (χ4v) is 3.91. The summed E-state index contributed by atoms with van der Waals surface area (Å²) in [7, 11) is 1.58. The number of nitrogens with one attached hydrogen (secondary N) is 1. The number of hydrogen-bond acceptors (Lipinski definition) is 6. The fraction of sp³-hybridized carbons (Fsp3) is 0.292. The second-order valence-electron chi connectivity index (χ2n) is 7.69. The van der Waals surface area contributed by atoms with Crippen molar-refractivity contribution in [3.63, 3.8) is 0 Å². The molecule has 1 aromatic heterocycles. The first kappa shape index (κ1) is 22.8. The molecule has 0 aliphatic carbocycles. The van der Waals surface area contributed by atoms with Gasteiger partial charge in [-0.3, -0.25) is 4.79 Å². The third-order valence-electron chi connectivity index (χ3n) is 5.59. The van der Waals surface area contributed by atoms with Gasteiger partial charge in [0.15, 0.2) is 11.5 Å². The minimum atomic E-state index is -0.468. The van der Waals surface area contributed by atoms with Gasteiger partial charge >= 0.3 is 0 Å². The predicted octanol–water partition coefficient (Wildman–Crippen LogP) is 4.60. The summed E-state index contributed by atoms with van der Waals surface area (Å²) < 4.78 is 25.5. The van der Waals surface area contributed by atoms with E-state index in [4.69, 9.17) is 21.1 Å². The molecule has 1 fully saturated rings. The maximum atomic E-state index is 13.8. The first-order chi connectivity index (χ1) is 16.0. The molecule has 4 rings (SSSR count). The number of aromatic nitrogens is 2. The lowest BCUT2D eigenvalue weighted by Gasteiger charge is -2.31. The lowest BCUT2D eigenvalue weighted by atomic mass is 10.1. The zero-order valence-electron chi connectivity index (χ0n) is 18.2. The van der Waals surface area contributed by atoms with Gasteiger partial charge in [0.2, 0.25) is 5.91 Å². The molecule has 0 saturated carbocycles. The predicted molar refractivity (Wildman–Crippen MR) is 125 cm³/mol. The minimum absolute atomic E-state index is 0.0525. The van der Waals surface area contributed by atoms with E-state index in [0.29, 0.717) is 55.3 Å². The van der Waals surface area contributed by atoms with Crippen LogP contribution in [-0.2, 0) is 11.3 Å². The second-order valence-corrected chi connectivity index (χ2v) is 8.10. The van der Waals surface area contributed by atoms with Crippen LogP contribution in [0.2, 0.25) is 5.02 Å². The molecule has 172 valence electrons. The van der Waals surface area contributed by atoms with Crippen molar-refractivity contribution in [2.24, 2.45) is 0 Å². The van der Waals surface area contributed by atoms with E-state index in [9.17, 15) is 9.18 Å². The Balaban J connectivity index is 1.54. The Labute approximate surface area is 196 Å². The quantitative estimate of drug-likeness (QED) is 0.508. The molecular weight excluding hydrogens is 447 g/mol. The summed E-state index contributed by atoms with van der Waals surface area (Å²) in [5.41, 5.74) is 1.42. The molecule has 3 aromatic rings. The molecule has 7 nitrogen and oxygen atoms in total. The number of anilines is 1. The highest BCUT2D eigenvalue weighted by molar-refractivity contribution is 6.30. The number of hydrogen-bond donors (Lipinski definition) is 1. The number of carbonyl (C=O) groups excluding carboxylic acids is 1. The molecule has 2 aromatic carbocycles. The molecule has 0 atom stereocenters. The number of carbonyl (C=O) groups is 1. The molecule has 2 heterocycles. The third-order valence-corrected chi connectivity index (χ3v) is 5.89. The van der Waals surface area contributed by atoms with E-state index in [1.165, 1.54) is 24.5 Å². The van der Waals surface area contributed by atoms with Crippen LogP contribution in [0.25, 0.3) is 10.9 Å². The Morgan fingerprint density at radius 3 is 2.76 bits per heavy atom. The average Bonchev–Trinajstić information content (AvgIpc) is 2.84. The molecule has 0 radical (unpaired) electrons. The molecule has 9 heteroatoms. The van der Waals surface area contributed by atoms with Crippen LogP contribution in [-0.4, -0.2) is 47.1 Å². The van der Waals surface area contributed by atoms with Crippen LogP contribution in [0.15, 0.2) is 49.3 Å². The molecule has 1 amide bonds. The van der Waals surface area contributed by atoms with E-state index in [1.807, 2.05) is 6.07 Å². The maximum absolute atomic E-state index is 13.8. The van der Waals surface area contributed by atoms with Crippen LogP contribution in [0.5, 0.6) is 11.5 Å². The Morgan fingerprint density at radius 1 is 1.27 bits per heavy atom. The van der Waals surface area contributed by atoms with Crippen LogP contribution in [0.4, 0.5) is 10.2 Å². The van der Waals surface area contributed by atoms with Gasteiger partial charge in [-0.2, -0.15) is 0 Å². The molecule has 0 bridgehead atoms. The molecule has 1 N–H and O–H groups in total. The van der Waals surface area contributed by atoms with Crippen LogP contribution >= 0.6 is 11.6 Å². The Hall–Kier alpha value is -3.39. The summed E-state index contributed by atoms with van der Waals surface area (Å²) in [6.45, 7) is 5.12. The Kier molecular flexibility index (Phi) is 6.93. The zero-order valence-corrected chi connectivity index (χ0v) is 18.9. The Bertz CT molecular complexity index is 1180. The summed E-state index contributed by atoms with van der Waals surface area (Å²) in [6.07, 6.45) is 4.15. The van der Waals surface area contributed by atoms with Gasteiger partial charge in [-0.1, -0.05) is 24.2 Å². The highest BCUT2D eigenvalue weighted by atomic mass is 35.5. The number of fused-ring (bicyclic) bond motifs is 1. The van der Waals surface area contributed by atoms with Crippen molar-refractivity contribution in [1.29, 1.82) is 0 Å². The van der Waals surface area contributed by atoms with E-state index < -0.39 is 5.82 Å². The number of amides is 1. The van der Waals surface area contributed by atoms with Gasteiger partial charge in [0.1, 0.15) is 24.1 Å². The lowest BCUT2D eigenvalue weighted by molar-refractivity contribution is -0.127. The van der Waals surface area contributed by atoms with Crippen molar-refractivity contribution in [3.05, 3.63) is 65.7 Å². The van der Waals surface area contributed by atoms with Crippen molar-refractivity contribution < 1.29 is 18.7 Å². The smallest absolute Gasteiger partial charge is 0.245 e. The monoisotopic (exact) mass is 470 g/mol. The van der Waals surface area contributed by atoms with Gasteiger partial charge in [0.05, 0.1) is 17.6 Å². The van der Waals surface area contributed by atoms with E-state index in [0.717, 1.165) is 10.9 Å². The number of halogens is 2. The zero-order chi connectivity index (χ0) is 23.4.